The van der Waals surface area contributed by atoms with Crippen LogP contribution in [-0.4, -0.2) is 0 Å². The van der Waals surface area contributed by atoms with Crippen molar-refractivity contribution in [1.82, 2.24) is 0 Å². The van der Waals surface area contributed by atoms with Crippen LogP contribution >= 0.6 is 34.0 Å². The molecule has 0 N–H and O–H groups in total. The fourth-order valence-corrected chi connectivity index (χ4v) is 0.340. The first-order valence-electron chi connectivity index (χ1n) is 1.72. The van der Waals surface area contributed by atoms with E-state index in [9.17, 15) is 0 Å². The SMILES string of the molecule is Br.Br.[C-]1=CC=CC1.[Ru+]. The molecule has 0 unspecified atom stereocenters. The van der Waals surface area contributed by atoms with Crippen LogP contribution in [0.2, 0.25) is 0 Å². The third-order valence-corrected chi connectivity index (χ3v) is 0.586. The fourth-order valence-electron chi connectivity index (χ4n) is 0.340. The Morgan fingerprint density at radius 3 is 2.00 bits per heavy atom. The van der Waals surface area contributed by atoms with E-state index in [2.05, 4.69) is 12.2 Å². The van der Waals surface area contributed by atoms with Gasteiger partial charge in [0.05, 0.1) is 0 Å². The van der Waals surface area contributed by atoms with Gasteiger partial charge in [-0.15, -0.1) is 40.4 Å². The van der Waals surface area contributed by atoms with Crippen molar-refractivity contribution in [2.45, 2.75) is 6.42 Å². The van der Waals surface area contributed by atoms with Crippen LogP contribution in [0.25, 0.3) is 0 Å². The summed E-state index contributed by atoms with van der Waals surface area (Å²) in [5.41, 5.74) is 0. The number of allylic oxidation sites excluding steroid dienone is 4. The standard InChI is InChI=1S/C5H5.2BrH.Ru/c1-2-4-5-3-1;;;/h1-3H,4H2;2*1H;/q-1;;;+1. The summed E-state index contributed by atoms with van der Waals surface area (Å²) in [5.74, 6) is 0. The number of rotatable bonds is 0. The summed E-state index contributed by atoms with van der Waals surface area (Å²) in [7, 11) is 0. The van der Waals surface area contributed by atoms with Crippen molar-refractivity contribution < 1.29 is 19.5 Å². The van der Waals surface area contributed by atoms with Crippen LogP contribution in [0.15, 0.2) is 18.2 Å². The smallest absolute Gasteiger partial charge is 0.273 e. The van der Waals surface area contributed by atoms with E-state index in [-0.39, 0.29) is 53.4 Å². The van der Waals surface area contributed by atoms with Crippen LogP contribution in [0.1, 0.15) is 6.42 Å². The average Bonchev–Trinajstić information content (AvgIpc) is 1.76. The molecule has 1 rings (SSSR count). The zero-order valence-corrected chi connectivity index (χ0v) is 9.27. The first kappa shape index (κ1) is 16.0. The Morgan fingerprint density at radius 2 is 1.88 bits per heavy atom. The second kappa shape index (κ2) is 10.9. The van der Waals surface area contributed by atoms with Crippen molar-refractivity contribution >= 4 is 34.0 Å². The molecule has 0 nitrogen and oxygen atoms in total. The molecule has 0 aliphatic heterocycles. The predicted molar refractivity (Wildman–Crippen MR) is 42.2 cm³/mol. The van der Waals surface area contributed by atoms with E-state index in [4.69, 9.17) is 0 Å². The third kappa shape index (κ3) is 7.06. The monoisotopic (exact) mass is 327 g/mol. The van der Waals surface area contributed by atoms with Crippen molar-refractivity contribution in [2.24, 2.45) is 0 Å². The molecule has 8 heavy (non-hydrogen) atoms. The minimum absolute atomic E-state index is 0. The van der Waals surface area contributed by atoms with Gasteiger partial charge >= 0.3 is 19.5 Å². The fraction of sp³-hybridized carbons (Fsp3) is 0.200. The Labute approximate surface area is 83.7 Å². The van der Waals surface area contributed by atoms with Gasteiger partial charge in [-0.2, -0.15) is 6.08 Å². The van der Waals surface area contributed by atoms with Gasteiger partial charge in [0.1, 0.15) is 0 Å². The van der Waals surface area contributed by atoms with E-state index < -0.39 is 0 Å². The first-order valence-corrected chi connectivity index (χ1v) is 1.72. The van der Waals surface area contributed by atoms with E-state index >= 15 is 0 Å². The molecule has 1 aliphatic carbocycles. The van der Waals surface area contributed by atoms with Crippen LogP contribution in [-0.2, 0) is 19.5 Å². The van der Waals surface area contributed by atoms with Gasteiger partial charge in [0.25, 0.3) is 0 Å². The number of halogens is 2. The maximum atomic E-state index is 2.99. The van der Waals surface area contributed by atoms with Gasteiger partial charge in [0.2, 0.25) is 0 Å². The molecule has 0 heterocycles. The molecule has 0 saturated carbocycles. The third-order valence-electron chi connectivity index (χ3n) is 0.586. The summed E-state index contributed by atoms with van der Waals surface area (Å²) < 4.78 is 0. The van der Waals surface area contributed by atoms with Crippen molar-refractivity contribution in [3.63, 3.8) is 0 Å². The van der Waals surface area contributed by atoms with E-state index in [1.165, 1.54) is 0 Å². The summed E-state index contributed by atoms with van der Waals surface area (Å²) >= 11 is 0. The first-order chi connectivity index (χ1) is 2.50. The molecule has 0 aromatic heterocycles. The average molecular weight is 328 g/mol. The maximum Gasteiger partial charge on any atom is 1.00 e. The van der Waals surface area contributed by atoms with E-state index in [1.807, 2.05) is 12.2 Å². The maximum absolute atomic E-state index is 2.99. The molecule has 49 valence electrons. The van der Waals surface area contributed by atoms with Gasteiger partial charge in [-0.05, 0) is 0 Å². The minimum Gasteiger partial charge on any atom is -0.273 e. The molecule has 0 saturated heterocycles. The normalized spacial score (nSPS) is 11.0. The Morgan fingerprint density at radius 1 is 1.25 bits per heavy atom. The summed E-state index contributed by atoms with van der Waals surface area (Å²) in [4.78, 5) is 0. The Hall–Kier alpha value is 1.06. The van der Waals surface area contributed by atoms with E-state index in [0.29, 0.717) is 0 Å². The van der Waals surface area contributed by atoms with Crippen LogP contribution in [0.3, 0.4) is 0 Å². The second-order valence-electron chi connectivity index (χ2n) is 1.00. The molecular weight excluding hydrogens is 321 g/mol. The summed E-state index contributed by atoms with van der Waals surface area (Å²) in [6, 6.07) is 0. The van der Waals surface area contributed by atoms with Gasteiger partial charge in [0, 0.05) is 0 Å². The zero-order valence-electron chi connectivity index (χ0n) is 4.11. The summed E-state index contributed by atoms with van der Waals surface area (Å²) in [6.07, 6.45) is 10.0. The summed E-state index contributed by atoms with van der Waals surface area (Å²) in [5, 5.41) is 0. The molecule has 0 bridgehead atoms. The topological polar surface area (TPSA) is 0 Å². The Kier molecular flexibility index (Phi) is 21.9. The van der Waals surface area contributed by atoms with Crippen LogP contribution < -0.4 is 0 Å². The van der Waals surface area contributed by atoms with Crippen LogP contribution in [0.4, 0.5) is 0 Å². The molecule has 0 aromatic rings. The van der Waals surface area contributed by atoms with E-state index in [0.717, 1.165) is 6.42 Å². The largest absolute Gasteiger partial charge is 1.00 e. The molecule has 0 spiro atoms. The molecule has 0 atom stereocenters. The van der Waals surface area contributed by atoms with E-state index in [1.54, 1.807) is 0 Å². The molecule has 0 amide bonds. The van der Waals surface area contributed by atoms with Gasteiger partial charge in [0.15, 0.2) is 0 Å². The van der Waals surface area contributed by atoms with Crippen molar-refractivity contribution in [2.75, 3.05) is 0 Å². The van der Waals surface area contributed by atoms with Crippen molar-refractivity contribution in [3.05, 3.63) is 24.3 Å². The van der Waals surface area contributed by atoms with Crippen molar-refractivity contribution in [3.8, 4) is 0 Å². The Balaban J connectivity index is -0.0000000833. The van der Waals surface area contributed by atoms with Gasteiger partial charge in [-0.25, -0.2) is 12.2 Å². The molecular formula is C5H7Br2Ru. The number of hydrogen-bond donors (Lipinski definition) is 0. The minimum atomic E-state index is 0. The van der Waals surface area contributed by atoms with Gasteiger partial charge < -0.3 is 0 Å². The quantitative estimate of drug-likeness (QED) is 0.473. The Bertz CT molecular complexity index is 68.5. The molecule has 0 aromatic carbocycles. The van der Waals surface area contributed by atoms with Gasteiger partial charge in [-0.1, -0.05) is 0 Å². The second-order valence-corrected chi connectivity index (χ2v) is 1.00. The zero-order chi connectivity index (χ0) is 3.54. The van der Waals surface area contributed by atoms with Gasteiger partial charge in [-0.3, -0.25) is 6.08 Å². The molecule has 3 heteroatoms. The van der Waals surface area contributed by atoms with Crippen LogP contribution in [0.5, 0.6) is 0 Å². The van der Waals surface area contributed by atoms with Crippen LogP contribution in [0, 0.1) is 6.08 Å². The summed E-state index contributed by atoms with van der Waals surface area (Å²) in [6.45, 7) is 0. The van der Waals surface area contributed by atoms with Crippen molar-refractivity contribution in [1.29, 1.82) is 0 Å². The molecule has 1 aliphatic rings. The number of hydrogen-bond acceptors (Lipinski definition) is 0. The molecule has 0 fully saturated rings. The predicted octanol–water partition coefficient (Wildman–Crippen LogP) is 2.46. The molecule has 1 radical (unpaired) electrons.